The smallest absolute Gasteiger partial charge is 0.280 e. The lowest BCUT2D eigenvalue weighted by Gasteiger charge is -2.00. The lowest BCUT2D eigenvalue weighted by molar-refractivity contribution is 0.145. The minimum Gasteiger partial charge on any atom is -0.508 e. The fourth-order valence-corrected chi connectivity index (χ4v) is 0.513. The fourth-order valence-electron chi connectivity index (χ4n) is 0.513. The summed E-state index contributed by atoms with van der Waals surface area (Å²) in [6, 6.07) is -2.23. The molecule has 0 fully saturated rings. The topological polar surface area (TPSA) is 33.1 Å². The molecule has 0 radical (unpaired) electrons. The van der Waals surface area contributed by atoms with Gasteiger partial charge in [-0.3, -0.25) is 4.98 Å². The molecule has 0 bridgehead atoms. The van der Waals surface area contributed by atoms with Gasteiger partial charge in [0, 0.05) is 21.9 Å². The van der Waals surface area contributed by atoms with Crippen LogP contribution in [0, 0.1) is 6.85 Å². The van der Waals surface area contributed by atoms with Crippen LogP contribution in [0.3, 0.4) is 0 Å². The molecule has 1 aromatic rings. The minimum absolute atomic E-state index is 1.01. The van der Waals surface area contributed by atoms with Crippen molar-refractivity contribution in [3.8, 4) is 5.75 Å². The van der Waals surface area contributed by atoms with Gasteiger partial charge in [0.05, 0.1) is 2.74 Å². The van der Waals surface area contributed by atoms with Crippen LogP contribution in [0.15, 0.2) is 12.1 Å². The Hall–Kier alpha value is -1.19. The Morgan fingerprint density at radius 2 is 2.55 bits per heavy atom. The van der Waals surface area contributed by atoms with Crippen LogP contribution in [0.1, 0.15) is 26.0 Å². The van der Waals surface area contributed by atoms with Gasteiger partial charge in [0.25, 0.3) is 6.40 Å². The number of pyridine rings is 1. The Kier molecular flexibility index (Phi) is 0.780. The second kappa shape index (κ2) is 2.82. The van der Waals surface area contributed by atoms with Gasteiger partial charge in [0.2, 0.25) is 0 Å². The Labute approximate surface area is 70.9 Å². The average Bonchev–Trinajstić information content (AvgIpc) is 2.10. The van der Waals surface area contributed by atoms with Gasteiger partial charge in [-0.05, 0) is 6.85 Å². The van der Waals surface area contributed by atoms with Crippen LogP contribution < -0.4 is 0 Å². The molecule has 0 saturated carbocycles. The number of alkyl halides is 2. The van der Waals surface area contributed by atoms with Crippen molar-refractivity contribution in [2.45, 2.75) is 13.3 Å². The first-order chi connectivity index (χ1) is 7.46. The summed E-state index contributed by atoms with van der Waals surface area (Å²) in [5.74, 6) is -1.23. The molecular formula is C7H7F2NO. The van der Waals surface area contributed by atoms with Gasteiger partial charge in [-0.25, -0.2) is 8.78 Å². The maximum atomic E-state index is 12.7. The molecule has 0 saturated heterocycles. The van der Waals surface area contributed by atoms with Gasteiger partial charge in [-0.15, -0.1) is 0 Å². The molecule has 0 aromatic carbocycles. The van der Waals surface area contributed by atoms with Gasteiger partial charge < -0.3 is 5.11 Å². The zero-order chi connectivity index (χ0) is 13.6. The molecule has 0 unspecified atom stereocenters. The quantitative estimate of drug-likeness (QED) is 0.690. The van der Waals surface area contributed by atoms with Crippen LogP contribution in [0.2, 0.25) is 0 Å². The first-order valence-corrected chi connectivity index (χ1v) is 2.55. The normalized spacial score (nSPS) is 20.5. The number of aryl methyl sites for hydroxylation is 1. The van der Waals surface area contributed by atoms with E-state index in [4.69, 9.17) is 8.22 Å². The first kappa shape index (κ1) is 3.05. The maximum Gasteiger partial charge on any atom is 0.280 e. The number of nitrogens with zero attached hydrogens (tertiary/aromatic N) is 1. The summed E-state index contributed by atoms with van der Waals surface area (Å²) >= 11 is 0. The number of hydrogen-bond donors (Lipinski definition) is 1. The van der Waals surface area contributed by atoms with Crippen molar-refractivity contribution in [3.05, 3.63) is 23.5 Å². The SMILES string of the molecule is [2H]c1c(C([2H])([2H])[2H])nc(C([2H])(F)F)c([2H])c1O. The van der Waals surface area contributed by atoms with E-state index in [1.54, 1.807) is 0 Å². The van der Waals surface area contributed by atoms with E-state index in [1.807, 2.05) is 0 Å². The first-order valence-electron chi connectivity index (χ1n) is 5.55. The summed E-state index contributed by atoms with van der Waals surface area (Å²) in [4.78, 5) is 2.94. The Morgan fingerprint density at radius 3 is 3.09 bits per heavy atom. The summed E-state index contributed by atoms with van der Waals surface area (Å²) in [6.07, 6.45) is -4.32. The average molecular weight is 165 g/mol. The summed E-state index contributed by atoms with van der Waals surface area (Å²) < 4.78 is 67.0. The van der Waals surface area contributed by atoms with Crippen molar-refractivity contribution in [2.24, 2.45) is 0 Å². The molecule has 0 aliphatic carbocycles. The second-order valence-electron chi connectivity index (χ2n) is 1.67. The third-order valence-corrected chi connectivity index (χ3v) is 0.876. The highest BCUT2D eigenvalue weighted by Crippen LogP contribution is 2.20. The van der Waals surface area contributed by atoms with Crippen molar-refractivity contribution in [1.29, 1.82) is 0 Å². The second-order valence-corrected chi connectivity index (χ2v) is 1.67. The molecule has 0 atom stereocenters. The van der Waals surface area contributed by atoms with Crippen molar-refractivity contribution in [3.63, 3.8) is 0 Å². The zero-order valence-corrected chi connectivity index (χ0v) is 5.15. The van der Waals surface area contributed by atoms with Gasteiger partial charge in [-0.1, -0.05) is 0 Å². The lowest BCUT2D eigenvalue weighted by atomic mass is 10.3. The summed E-state index contributed by atoms with van der Waals surface area (Å²) in [5, 5.41) is 9.21. The Bertz CT molecular complexity index is 417. The molecule has 0 spiro atoms. The summed E-state index contributed by atoms with van der Waals surface area (Å²) in [7, 11) is 0. The molecular weight excluding hydrogens is 152 g/mol. The molecule has 0 aliphatic heterocycles. The molecule has 60 valence electrons. The zero-order valence-electron chi connectivity index (χ0n) is 11.2. The molecule has 1 heterocycles. The fraction of sp³-hybridized carbons (Fsp3) is 0.286. The van der Waals surface area contributed by atoms with Crippen molar-refractivity contribution in [2.75, 3.05) is 0 Å². The highest BCUT2D eigenvalue weighted by atomic mass is 19.3. The third kappa shape index (κ3) is 1.86. The number of hydrogen-bond acceptors (Lipinski definition) is 2. The maximum absolute atomic E-state index is 12.7. The monoisotopic (exact) mass is 165 g/mol. The van der Waals surface area contributed by atoms with Crippen LogP contribution in [0.4, 0.5) is 8.78 Å². The molecule has 0 amide bonds. The number of halogens is 2. The van der Waals surface area contributed by atoms with Gasteiger partial charge in [-0.2, -0.15) is 0 Å². The Balaban J connectivity index is 3.63. The molecule has 2 nitrogen and oxygen atoms in total. The predicted molar refractivity (Wildman–Crippen MR) is 35.6 cm³/mol. The number of aromatic hydroxyl groups is 1. The van der Waals surface area contributed by atoms with Crippen LogP contribution >= 0.6 is 0 Å². The van der Waals surface area contributed by atoms with E-state index in [9.17, 15) is 13.9 Å². The van der Waals surface area contributed by atoms with Crippen molar-refractivity contribution >= 4 is 0 Å². The van der Waals surface area contributed by atoms with Crippen LogP contribution in [0.25, 0.3) is 0 Å². The minimum atomic E-state index is -4.32. The molecule has 1 aromatic heterocycles. The molecule has 0 aliphatic rings. The van der Waals surface area contributed by atoms with E-state index in [0.29, 0.717) is 0 Å². The van der Waals surface area contributed by atoms with Crippen LogP contribution in [0.5, 0.6) is 5.75 Å². The van der Waals surface area contributed by atoms with E-state index in [1.165, 1.54) is 0 Å². The highest BCUT2D eigenvalue weighted by molar-refractivity contribution is 5.25. The Morgan fingerprint density at radius 1 is 1.82 bits per heavy atom. The highest BCUT2D eigenvalue weighted by Gasteiger charge is 2.09. The number of aromatic nitrogens is 1. The van der Waals surface area contributed by atoms with Gasteiger partial charge in [0.1, 0.15) is 12.8 Å². The molecule has 1 N–H and O–H groups in total. The standard InChI is InChI=1S/C7H7F2NO/c1-4-2-5(11)3-6(10-4)7(8)9/h2-3,7H,1H3,(H,10,11)/i1D3,2D,3D,7D. The largest absolute Gasteiger partial charge is 0.508 e. The third-order valence-electron chi connectivity index (χ3n) is 0.876. The van der Waals surface area contributed by atoms with E-state index in [-0.39, 0.29) is 0 Å². The summed E-state index contributed by atoms with van der Waals surface area (Å²) in [6.45, 7) is -2.98. The summed E-state index contributed by atoms with van der Waals surface area (Å²) in [5.41, 5.74) is -2.55. The van der Waals surface area contributed by atoms with Crippen LogP contribution in [-0.2, 0) is 0 Å². The van der Waals surface area contributed by atoms with E-state index < -0.39 is 42.5 Å². The van der Waals surface area contributed by atoms with Crippen molar-refractivity contribution < 1.29 is 22.1 Å². The van der Waals surface area contributed by atoms with E-state index >= 15 is 0 Å². The van der Waals surface area contributed by atoms with Crippen molar-refractivity contribution in [1.82, 2.24) is 4.98 Å². The molecule has 4 heteroatoms. The molecule has 1 rings (SSSR count). The lowest BCUT2D eigenvalue weighted by Crippen LogP contribution is -1.91. The van der Waals surface area contributed by atoms with Gasteiger partial charge >= 0.3 is 0 Å². The van der Waals surface area contributed by atoms with Gasteiger partial charge in [0.15, 0.2) is 0 Å². The van der Waals surface area contributed by atoms with E-state index in [2.05, 4.69) is 4.98 Å². The number of rotatable bonds is 1. The predicted octanol–water partition coefficient (Wildman–Crippen LogP) is 2.03. The van der Waals surface area contributed by atoms with Crippen LogP contribution in [-0.4, -0.2) is 10.1 Å². The molecule has 11 heavy (non-hydrogen) atoms. The van der Waals surface area contributed by atoms with E-state index in [0.717, 1.165) is 0 Å².